The summed E-state index contributed by atoms with van der Waals surface area (Å²) in [5.74, 6) is 0.800. The minimum atomic E-state index is 0.204. The van der Waals surface area contributed by atoms with Crippen molar-refractivity contribution in [2.24, 2.45) is 10.7 Å². The maximum Gasteiger partial charge on any atom is 0.216 e. The first-order chi connectivity index (χ1) is 8.22. The molecule has 3 nitrogen and oxygen atoms in total. The van der Waals surface area contributed by atoms with Crippen molar-refractivity contribution in [3.63, 3.8) is 0 Å². The summed E-state index contributed by atoms with van der Waals surface area (Å²) in [6.45, 7) is 2.08. The molecule has 3 atom stereocenters. The predicted molar refractivity (Wildman–Crippen MR) is 68.2 cm³/mol. The van der Waals surface area contributed by atoms with E-state index in [0.717, 1.165) is 30.7 Å². The van der Waals surface area contributed by atoms with E-state index in [4.69, 9.17) is 10.5 Å². The summed E-state index contributed by atoms with van der Waals surface area (Å²) in [4.78, 5) is 4.68. The summed E-state index contributed by atoms with van der Waals surface area (Å²) in [6.07, 6.45) is 3.26. The van der Waals surface area contributed by atoms with Crippen molar-refractivity contribution < 1.29 is 4.74 Å². The second kappa shape index (κ2) is 4.15. The quantitative estimate of drug-likeness (QED) is 0.802. The summed E-state index contributed by atoms with van der Waals surface area (Å²) in [6, 6.07) is 8.94. The van der Waals surface area contributed by atoms with Gasteiger partial charge < -0.3 is 10.5 Å². The molecule has 1 aromatic rings. The second-order valence-electron chi connectivity index (χ2n) is 5.10. The monoisotopic (exact) mass is 230 g/mol. The molecule has 1 saturated carbocycles. The van der Waals surface area contributed by atoms with E-state index in [2.05, 4.69) is 36.2 Å². The summed E-state index contributed by atoms with van der Waals surface area (Å²) < 4.78 is 5.93. The number of fused-ring (bicyclic) bond motifs is 1. The van der Waals surface area contributed by atoms with Gasteiger partial charge in [-0.3, -0.25) is 0 Å². The summed E-state index contributed by atoms with van der Waals surface area (Å²) in [5, 5.41) is 0. The molecule has 1 aliphatic carbocycles. The molecule has 1 fully saturated rings. The van der Waals surface area contributed by atoms with Crippen LogP contribution in [0.2, 0.25) is 0 Å². The molecule has 2 aliphatic rings. The fourth-order valence-corrected chi connectivity index (χ4v) is 2.58. The molecular formula is C14H18N2O. The number of nitrogens with two attached hydrogens (primary N) is 1. The third kappa shape index (κ3) is 2.07. The number of aryl methyl sites for hydroxylation is 1. The molecular weight excluding hydrogens is 212 g/mol. The minimum absolute atomic E-state index is 0.204. The van der Waals surface area contributed by atoms with Gasteiger partial charge >= 0.3 is 0 Å². The van der Waals surface area contributed by atoms with E-state index in [1.54, 1.807) is 0 Å². The number of hydrogen-bond acceptors (Lipinski definition) is 3. The molecule has 3 heteroatoms. The van der Waals surface area contributed by atoms with Crippen LogP contribution >= 0.6 is 0 Å². The maximum atomic E-state index is 5.96. The van der Waals surface area contributed by atoms with Gasteiger partial charge in [-0.1, -0.05) is 17.7 Å². The summed E-state index contributed by atoms with van der Waals surface area (Å²) >= 11 is 0. The van der Waals surface area contributed by atoms with Gasteiger partial charge in [0.05, 0.1) is 6.04 Å². The van der Waals surface area contributed by atoms with Crippen molar-refractivity contribution in [1.29, 1.82) is 0 Å². The molecule has 0 saturated heterocycles. The highest BCUT2D eigenvalue weighted by molar-refractivity contribution is 5.95. The van der Waals surface area contributed by atoms with Crippen molar-refractivity contribution >= 4 is 5.90 Å². The van der Waals surface area contributed by atoms with Gasteiger partial charge in [-0.15, -0.1) is 0 Å². The van der Waals surface area contributed by atoms with Crippen LogP contribution in [0.5, 0.6) is 0 Å². The average molecular weight is 230 g/mol. The van der Waals surface area contributed by atoms with Crippen LogP contribution in [0.25, 0.3) is 0 Å². The van der Waals surface area contributed by atoms with E-state index in [0.29, 0.717) is 6.04 Å². The highest BCUT2D eigenvalue weighted by Gasteiger charge is 2.36. The van der Waals surface area contributed by atoms with Crippen LogP contribution in [0.1, 0.15) is 30.4 Å². The van der Waals surface area contributed by atoms with E-state index < -0.39 is 0 Å². The van der Waals surface area contributed by atoms with Gasteiger partial charge in [-0.05, 0) is 31.9 Å². The Morgan fingerprint density at radius 2 is 2.00 bits per heavy atom. The SMILES string of the molecule is Cc1ccc(C2=NC3CCC(N)CC3O2)cc1. The molecule has 1 aliphatic heterocycles. The first kappa shape index (κ1) is 10.8. The summed E-state index contributed by atoms with van der Waals surface area (Å²) in [5.41, 5.74) is 8.30. The zero-order valence-electron chi connectivity index (χ0n) is 10.1. The van der Waals surface area contributed by atoms with Gasteiger partial charge in [0.2, 0.25) is 5.90 Å². The third-order valence-electron chi connectivity index (χ3n) is 3.64. The zero-order valence-corrected chi connectivity index (χ0v) is 10.1. The Kier molecular flexibility index (Phi) is 2.63. The molecule has 90 valence electrons. The molecule has 0 radical (unpaired) electrons. The summed E-state index contributed by atoms with van der Waals surface area (Å²) in [7, 11) is 0. The standard InChI is InChI=1S/C14H18N2O/c1-9-2-4-10(5-3-9)14-16-12-7-6-11(15)8-13(12)17-14/h2-5,11-13H,6-8,15H2,1H3. The van der Waals surface area contributed by atoms with Crippen LogP contribution in [0.15, 0.2) is 29.3 Å². The fraction of sp³-hybridized carbons (Fsp3) is 0.500. The molecule has 1 aromatic carbocycles. The van der Waals surface area contributed by atoms with Crippen LogP contribution in [-0.2, 0) is 4.74 Å². The Balaban J connectivity index is 1.80. The largest absolute Gasteiger partial charge is 0.472 e. The highest BCUT2D eigenvalue weighted by atomic mass is 16.5. The normalized spacial score (nSPS) is 31.6. The predicted octanol–water partition coefficient (Wildman–Crippen LogP) is 2.02. The van der Waals surface area contributed by atoms with Crippen LogP contribution in [0.4, 0.5) is 0 Å². The number of hydrogen-bond donors (Lipinski definition) is 1. The Hall–Kier alpha value is -1.35. The van der Waals surface area contributed by atoms with Crippen molar-refractivity contribution in [2.75, 3.05) is 0 Å². The Morgan fingerprint density at radius 1 is 1.24 bits per heavy atom. The third-order valence-corrected chi connectivity index (χ3v) is 3.64. The number of rotatable bonds is 1. The molecule has 3 unspecified atom stereocenters. The van der Waals surface area contributed by atoms with Crippen molar-refractivity contribution in [3.05, 3.63) is 35.4 Å². The Morgan fingerprint density at radius 3 is 2.76 bits per heavy atom. The molecule has 0 amide bonds. The van der Waals surface area contributed by atoms with E-state index in [-0.39, 0.29) is 12.1 Å². The van der Waals surface area contributed by atoms with Crippen LogP contribution in [-0.4, -0.2) is 24.1 Å². The van der Waals surface area contributed by atoms with Crippen molar-refractivity contribution in [2.45, 2.75) is 44.4 Å². The van der Waals surface area contributed by atoms with E-state index in [1.807, 2.05) is 0 Å². The topological polar surface area (TPSA) is 47.6 Å². The second-order valence-corrected chi connectivity index (χ2v) is 5.10. The lowest BCUT2D eigenvalue weighted by molar-refractivity contribution is 0.142. The minimum Gasteiger partial charge on any atom is -0.472 e. The molecule has 2 N–H and O–H groups in total. The van der Waals surface area contributed by atoms with Gasteiger partial charge in [0.15, 0.2) is 0 Å². The molecule has 3 rings (SSSR count). The van der Waals surface area contributed by atoms with E-state index in [1.165, 1.54) is 5.56 Å². The van der Waals surface area contributed by atoms with Gasteiger partial charge in [-0.25, -0.2) is 4.99 Å². The first-order valence-electron chi connectivity index (χ1n) is 6.29. The maximum absolute atomic E-state index is 5.96. The molecule has 0 spiro atoms. The molecule has 17 heavy (non-hydrogen) atoms. The number of aliphatic imine (C=N–C) groups is 1. The fourth-order valence-electron chi connectivity index (χ4n) is 2.58. The number of benzene rings is 1. The molecule has 0 aromatic heterocycles. The van der Waals surface area contributed by atoms with E-state index in [9.17, 15) is 0 Å². The smallest absolute Gasteiger partial charge is 0.216 e. The lowest BCUT2D eigenvalue weighted by Crippen LogP contribution is -2.37. The highest BCUT2D eigenvalue weighted by Crippen LogP contribution is 2.29. The molecule has 1 heterocycles. The van der Waals surface area contributed by atoms with Gasteiger partial charge in [0.1, 0.15) is 6.10 Å². The number of ether oxygens (including phenoxy) is 1. The molecule has 0 bridgehead atoms. The van der Waals surface area contributed by atoms with Crippen LogP contribution in [0.3, 0.4) is 0 Å². The average Bonchev–Trinajstić information content (AvgIpc) is 2.72. The van der Waals surface area contributed by atoms with Gasteiger partial charge in [0.25, 0.3) is 0 Å². The lowest BCUT2D eigenvalue weighted by Gasteiger charge is -2.26. The Bertz CT molecular complexity index is 438. The first-order valence-corrected chi connectivity index (χ1v) is 6.29. The van der Waals surface area contributed by atoms with Crippen molar-refractivity contribution in [1.82, 2.24) is 0 Å². The number of nitrogens with zero attached hydrogens (tertiary/aromatic N) is 1. The zero-order chi connectivity index (χ0) is 11.8. The Labute approximate surface area is 102 Å². The lowest BCUT2D eigenvalue weighted by atomic mass is 9.90. The van der Waals surface area contributed by atoms with Crippen molar-refractivity contribution in [3.8, 4) is 0 Å². The van der Waals surface area contributed by atoms with E-state index >= 15 is 0 Å². The van der Waals surface area contributed by atoms with Gasteiger partial charge in [-0.2, -0.15) is 0 Å². The van der Waals surface area contributed by atoms with Gasteiger partial charge in [0, 0.05) is 18.0 Å². The van der Waals surface area contributed by atoms with Crippen LogP contribution in [0, 0.1) is 6.92 Å². The van der Waals surface area contributed by atoms with Crippen LogP contribution < -0.4 is 5.73 Å².